The van der Waals surface area contributed by atoms with Crippen molar-refractivity contribution in [2.24, 2.45) is 5.41 Å². The zero-order valence-electron chi connectivity index (χ0n) is 17.8. The normalized spacial score (nSPS) is 12.9. The minimum atomic E-state index is -1.23. The smallest absolute Gasteiger partial charge is 0.333 e. The predicted molar refractivity (Wildman–Crippen MR) is 104 cm³/mol. The van der Waals surface area contributed by atoms with Gasteiger partial charge < -0.3 is 29.2 Å². The molecule has 0 fully saturated rings. The van der Waals surface area contributed by atoms with Crippen molar-refractivity contribution in [2.45, 2.75) is 46.3 Å². The summed E-state index contributed by atoms with van der Waals surface area (Å²) >= 11 is 0. The van der Waals surface area contributed by atoms with E-state index in [4.69, 9.17) is 14.2 Å². The van der Waals surface area contributed by atoms with Crippen LogP contribution in [0.25, 0.3) is 0 Å². The van der Waals surface area contributed by atoms with Crippen LogP contribution in [0.15, 0.2) is 24.3 Å². The maximum Gasteiger partial charge on any atom is 0.333 e. The quantitative estimate of drug-likeness (QED) is 0.240. The van der Waals surface area contributed by atoms with Gasteiger partial charge in [-0.2, -0.15) is 0 Å². The molecule has 170 valence electrons. The third-order valence-electron chi connectivity index (χ3n) is 3.54. The summed E-state index contributed by atoms with van der Waals surface area (Å²) in [5, 5.41) is 19.3. The summed E-state index contributed by atoms with van der Waals surface area (Å²) in [4.78, 5) is 46.1. The molecule has 2 atom stereocenters. The topological polar surface area (TPSA) is 146 Å². The van der Waals surface area contributed by atoms with E-state index >= 15 is 0 Å². The van der Waals surface area contributed by atoms with E-state index in [1.54, 1.807) is 0 Å². The van der Waals surface area contributed by atoms with Gasteiger partial charge in [0, 0.05) is 18.1 Å². The van der Waals surface area contributed by atoms with Crippen LogP contribution < -0.4 is 0 Å². The highest BCUT2D eigenvalue weighted by Crippen LogP contribution is 2.27. The number of carbonyl (C=O) groups is 4. The van der Waals surface area contributed by atoms with Gasteiger partial charge >= 0.3 is 23.9 Å². The van der Waals surface area contributed by atoms with E-state index in [1.807, 2.05) is 0 Å². The van der Waals surface area contributed by atoms with E-state index in [0.29, 0.717) is 0 Å². The van der Waals surface area contributed by atoms with E-state index in [0.717, 1.165) is 0 Å². The van der Waals surface area contributed by atoms with Crippen molar-refractivity contribution in [3.63, 3.8) is 0 Å². The summed E-state index contributed by atoms with van der Waals surface area (Å²) in [5.41, 5.74) is -1.03. The van der Waals surface area contributed by atoms with Gasteiger partial charge in [0.2, 0.25) is 0 Å². The molecule has 0 bridgehead atoms. The van der Waals surface area contributed by atoms with Crippen LogP contribution in [0.1, 0.15) is 34.1 Å². The van der Waals surface area contributed by atoms with E-state index < -0.39 is 48.1 Å². The second-order valence-corrected chi connectivity index (χ2v) is 7.35. The van der Waals surface area contributed by atoms with Crippen molar-refractivity contribution in [3.05, 3.63) is 24.3 Å². The molecule has 0 aliphatic heterocycles. The molecule has 0 saturated carbocycles. The number of carbonyl (C=O) groups excluding carboxylic acids is 4. The lowest BCUT2D eigenvalue weighted by molar-refractivity contribution is -0.159. The standard InChI is InChI=1S/C20H30O10/c1-12(2)17(24)28-9-16(23)10-29-18(25)13(3)7-20(5,6)19(26)30-11-15(22)8-27-14(4)21/h15-16,22-23H,1,3,7-11H2,2,4-6H3. The molecule has 0 heterocycles. The van der Waals surface area contributed by atoms with Gasteiger partial charge in [0.1, 0.15) is 38.6 Å². The maximum atomic E-state index is 12.2. The summed E-state index contributed by atoms with van der Waals surface area (Å²) in [6.45, 7) is 11.1. The first-order valence-electron chi connectivity index (χ1n) is 9.10. The molecule has 0 aliphatic carbocycles. The zero-order valence-corrected chi connectivity index (χ0v) is 17.8. The number of rotatable bonds is 13. The summed E-state index contributed by atoms with van der Waals surface area (Å²) in [7, 11) is 0. The van der Waals surface area contributed by atoms with Crippen LogP contribution in [0.4, 0.5) is 0 Å². The molecule has 0 spiro atoms. The average molecular weight is 430 g/mol. The molecule has 0 aliphatic rings. The number of aliphatic hydroxyl groups is 2. The average Bonchev–Trinajstić information content (AvgIpc) is 2.65. The Hall–Kier alpha value is -2.72. The van der Waals surface area contributed by atoms with Gasteiger partial charge in [-0.05, 0) is 27.2 Å². The molecule has 0 aromatic carbocycles. The van der Waals surface area contributed by atoms with Crippen molar-refractivity contribution in [1.82, 2.24) is 0 Å². The molecular weight excluding hydrogens is 400 g/mol. The Morgan fingerprint density at radius 1 is 0.800 bits per heavy atom. The number of aliphatic hydroxyl groups excluding tert-OH is 2. The van der Waals surface area contributed by atoms with E-state index in [9.17, 15) is 29.4 Å². The van der Waals surface area contributed by atoms with Crippen molar-refractivity contribution in [1.29, 1.82) is 0 Å². The van der Waals surface area contributed by atoms with Crippen LogP contribution in [-0.4, -0.2) is 72.7 Å². The van der Waals surface area contributed by atoms with Crippen LogP contribution in [0.2, 0.25) is 0 Å². The summed E-state index contributed by atoms with van der Waals surface area (Å²) in [6, 6.07) is 0. The molecule has 10 nitrogen and oxygen atoms in total. The van der Waals surface area contributed by atoms with Crippen LogP contribution in [-0.2, 0) is 38.1 Å². The molecule has 0 aromatic rings. The Labute approximate surface area is 175 Å². The molecule has 10 heteroatoms. The van der Waals surface area contributed by atoms with E-state index in [-0.39, 0.29) is 37.4 Å². The molecule has 0 radical (unpaired) electrons. The first-order chi connectivity index (χ1) is 13.8. The van der Waals surface area contributed by atoms with Crippen molar-refractivity contribution in [3.8, 4) is 0 Å². The summed E-state index contributed by atoms with van der Waals surface area (Å²) in [5.74, 6) is -2.79. The largest absolute Gasteiger partial charge is 0.463 e. The minimum Gasteiger partial charge on any atom is -0.463 e. The van der Waals surface area contributed by atoms with Crippen molar-refractivity contribution < 1.29 is 48.3 Å². The third kappa shape index (κ3) is 11.3. The second kappa shape index (κ2) is 12.8. The molecule has 2 unspecified atom stereocenters. The minimum absolute atomic E-state index is 0.0384. The fraction of sp³-hybridized carbons (Fsp3) is 0.600. The Balaban J connectivity index is 4.41. The van der Waals surface area contributed by atoms with E-state index in [2.05, 4.69) is 17.9 Å². The van der Waals surface area contributed by atoms with Crippen LogP contribution in [0, 0.1) is 5.41 Å². The zero-order chi connectivity index (χ0) is 23.5. The maximum absolute atomic E-state index is 12.2. The number of esters is 4. The molecular formula is C20H30O10. The second-order valence-electron chi connectivity index (χ2n) is 7.35. The van der Waals surface area contributed by atoms with Crippen molar-refractivity contribution >= 4 is 23.9 Å². The molecule has 0 aromatic heterocycles. The lowest BCUT2D eigenvalue weighted by atomic mass is 9.86. The fourth-order valence-corrected chi connectivity index (χ4v) is 1.92. The highest BCUT2D eigenvalue weighted by atomic mass is 16.6. The van der Waals surface area contributed by atoms with Crippen LogP contribution >= 0.6 is 0 Å². The van der Waals surface area contributed by atoms with E-state index in [1.165, 1.54) is 27.7 Å². The lowest BCUT2D eigenvalue weighted by Crippen LogP contribution is -2.33. The van der Waals surface area contributed by atoms with Gasteiger partial charge in [-0.15, -0.1) is 0 Å². The molecule has 0 rings (SSSR count). The third-order valence-corrected chi connectivity index (χ3v) is 3.54. The molecule has 0 amide bonds. The molecule has 2 N–H and O–H groups in total. The number of hydrogen-bond donors (Lipinski definition) is 2. The highest BCUT2D eigenvalue weighted by Gasteiger charge is 2.32. The van der Waals surface area contributed by atoms with Gasteiger partial charge in [0.15, 0.2) is 0 Å². The summed E-state index contributed by atoms with van der Waals surface area (Å²) in [6.07, 6.45) is -2.52. The summed E-state index contributed by atoms with van der Waals surface area (Å²) < 4.78 is 19.2. The lowest BCUT2D eigenvalue weighted by Gasteiger charge is -2.24. The van der Waals surface area contributed by atoms with Crippen LogP contribution in [0.5, 0.6) is 0 Å². The number of ether oxygens (including phenoxy) is 4. The number of hydrogen-bond acceptors (Lipinski definition) is 10. The Kier molecular flexibility index (Phi) is 11.6. The Morgan fingerprint density at radius 3 is 1.70 bits per heavy atom. The monoisotopic (exact) mass is 430 g/mol. The van der Waals surface area contributed by atoms with Crippen LogP contribution in [0.3, 0.4) is 0 Å². The highest BCUT2D eigenvalue weighted by molar-refractivity contribution is 5.89. The van der Waals surface area contributed by atoms with Gasteiger partial charge in [-0.3, -0.25) is 9.59 Å². The Bertz CT molecular complexity index is 664. The first kappa shape index (κ1) is 27.3. The van der Waals surface area contributed by atoms with Gasteiger partial charge in [-0.25, -0.2) is 9.59 Å². The van der Waals surface area contributed by atoms with Crippen molar-refractivity contribution in [2.75, 3.05) is 26.4 Å². The van der Waals surface area contributed by atoms with Gasteiger partial charge in [0.25, 0.3) is 0 Å². The van der Waals surface area contributed by atoms with Gasteiger partial charge in [0.05, 0.1) is 5.41 Å². The molecule has 0 saturated heterocycles. The first-order valence-corrected chi connectivity index (χ1v) is 9.10. The Morgan fingerprint density at radius 2 is 1.23 bits per heavy atom. The van der Waals surface area contributed by atoms with Gasteiger partial charge in [-0.1, -0.05) is 13.2 Å². The predicted octanol–water partition coefficient (Wildman–Crippen LogP) is 0.450. The molecule has 30 heavy (non-hydrogen) atoms. The SMILES string of the molecule is C=C(C)C(=O)OCC(O)COC(=O)C(=C)CC(C)(C)C(=O)OCC(O)COC(C)=O. The fourth-order valence-electron chi connectivity index (χ4n) is 1.92.